The number of fused-ring (bicyclic) bond motifs is 1. The molecule has 0 bridgehead atoms. The lowest BCUT2D eigenvalue weighted by atomic mass is 10.3. The minimum absolute atomic E-state index is 0.116. The molecular weight excluding hydrogens is 294 g/mol. The molecule has 118 valence electrons. The maximum atomic E-state index is 11.1. The van der Waals surface area contributed by atoms with Crippen LogP contribution in [0.25, 0.3) is 11.1 Å². The fourth-order valence-electron chi connectivity index (χ4n) is 2.92. The molecule has 1 fully saturated rings. The SMILES string of the molecule is CC(=O)Nc1ccn([C@H]2CCN(c3nc4ccccc4o3)C2)n1. The third-order valence-corrected chi connectivity index (χ3v) is 4.00. The molecule has 1 aliphatic rings. The molecule has 1 saturated heterocycles. The highest BCUT2D eigenvalue weighted by atomic mass is 16.4. The number of nitrogens with zero attached hydrogens (tertiary/aromatic N) is 4. The van der Waals surface area contributed by atoms with Crippen molar-refractivity contribution in [3.8, 4) is 0 Å². The molecule has 23 heavy (non-hydrogen) atoms. The number of benzene rings is 1. The zero-order chi connectivity index (χ0) is 15.8. The second-order valence-corrected chi connectivity index (χ2v) is 5.71. The second kappa shape index (κ2) is 5.42. The summed E-state index contributed by atoms with van der Waals surface area (Å²) >= 11 is 0. The van der Waals surface area contributed by atoms with E-state index >= 15 is 0 Å². The summed E-state index contributed by atoms with van der Waals surface area (Å²) in [6.07, 6.45) is 2.85. The van der Waals surface area contributed by atoms with Crippen molar-refractivity contribution in [2.75, 3.05) is 23.3 Å². The van der Waals surface area contributed by atoms with Crippen LogP contribution in [-0.4, -0.2) is 33.8 Å². The normalized spacial score (nSPS) is 17.8. The van der Waals surface area contributed by atoms with Gasteiger partial charge in [-0.15, -0.1) is 0 Å². The molecule has 1 aromatic carbocycles. The quantitative estimate of drug-likeness (QED) is 0.804. The van der Waals surface area contributed by atoms with Crippen molar-refractivity contribution in [1.82, 2.24) is 14.8 Å². The van der Waals surface area contributed by atoms with Crippen molar-refractivity contribution >= 4 is 28.8 Å². The Kier molecular flexibility index (Phi) is 3.25. The zero-order valence-electron chi connectivity index (χ0n) is 12.8. The van der Waals surface area contributed by atoms with Gasteiger partial charge in [-0.25, -0.2) is 0 Å². The number of nitrogens with one attached hydrogen (secondary N) is 1. The fourth-order valence-corrected chi connectivity index (χ4v) is 2.92. The lowest BCUT2D eigenvalue weighted by Gasteiger charge is -2.13. The molecule has 4 rings (SSSR count). The Labute approximate surface area is 132 Å². The number of oxazole rings is 1. The van der Waals surface area contributed by atoms with Gasteiger partial charge in [0.05, 0.1) is 6.04 Å². The number of rotatable bonds is 3. The lowest BCUT2D eigenvalue weighted by Crippen LogP contribution is -2.21. The predicted molar refractivity (Wildman–Crippen MR) is 86.4 cm³/mol. The van der Waals surface area contributed by atoms with E-state index in [0.29, 0.717) is 11.8 Å². The first kappa shape index (κ1) is 13.8. The van der Waals surface area contributed by atoms with Crippen molar-refractivity contribution < 1.29 is 9.21 Å². The molecule has 1 N–H and O–H groups in total. The van der Waals surface area contributed by atoms with E-state index in [1.54, 1.807) is 0 Å². The van der Waals surface area contributed by atoms with Crippen molar-refractivity contribution in [2.45, 2.75) is 19.4 Å². The van der Waals surface area contributed by atoms with E-state index in [9.17, 15) is 4.79 Å². The second-order valence-electron chi connectivity index (χ2n) is 5.71. The number of carbonyl (C=O) groups is 1. The average molecular weight is 311 g/mol. The summed E-state index contributed by atoms with van der Waals surface area (Å²) in [5.41, 5.74) is 1.68. The minimum Gasteiger partial charge on any atom is -0.423 e. The average Bonchev–Trinajstić information content (AvgIpc) is 3.24. The highest BCUT2D eigenvalue weighted by Crippen LogP contribution is 2.29. The van der Waals surface area contributed by atoms with Crippen LogP contribution >= 0.6 is 0 Å². The number of aromatic nitrogens is 3. The van der Waals surface area contributed by atoms with Crippen LogP contribution < -0.4 is 10.2 Å². The van der Waals surface area contributed by atoms with Crippen LogP contribution in [0.15, 0.2) is 40.9 Å². The van der Waals surface area contributed by atoms with Gasteiger partial charge < -0.3 is 14.6 Å². The summed E-state index contributed by atoms with van der Waals surface area (Å²) in [5.74, 6) is 0.465. The number of anilines is 2. The fraction of sp³-hybridized carbons (Fsp3) is 0.312. The van der Waals surface area contributed by atoms with E-state index < -0.39 is 0 Å². The van der Waals surface area contributed by atoms with Gasteiger partial charge in [0, 0.05) is 32.3 Å². The maximum absolute atomic E-state index is 11.1. The summed E-state index contributed by atoms with van der Waals surface area (Å²) in [4.78, 5) is 17.7. The first-order valence-electron chi connectivity index (χ1n) is 7.62. The molecule has 7 nitrogen and oxygen atoms in total. The molecular formula is C16H17N5O2. The molecule has 7 heteroatoms. The van der Waals surface area contributed by atoms with Gasteiger partial charge in [0.25, 0.3) is 6.01 Å². The van der Waals surface area contributed by atoms with Crippen LogP contribution in [0.4, 0.5) is 11.8 Å². The van der Waals surface area contributed by atoms with E-state index in [2.05, 4.69) is 20.3 Å². The van der Waals surface area contributed by atoms with E-state index in [-0.39, 0.29) is 11.9 Å². The minimum atomic E-state index is -0.116. The standard InChI is InChI=1S/C16H17N5O2/c1-11(22)17-15-7-9-21(19-15)12-6-8-20(10-12)16-18-13-4-2-3-5-14(13)23-16/h2-5,7,9,12H,6,8,10H2,1H3,(H,17,19,22)/t12-/m0/s1. The van der Waals surface area contributed by atoms with Gasteiger partial charge in [-0.1, -0.05) is 12.1 Å². The van der Waals surface area contributed by atoms with Gasteiger partial charge in [-0.05, 0) is 18.6 Å². The van der Waals surface area contributed by atoms with Crippen molar-refractivity contribution in [3.63, 3.8) is 0 Å². The van der Waals surface area contributed by atoms with Crippen LogP contribution in [-0.2, 0) is 4.79 Å². The molecule has 0 radical (unpaired) electrons. The summed E-state index contributed by atoms with van der Waals surface area (Å²) in [6.45, 7) is 3.13. The Balaban J connectivity index is 1.50. The van der Waals surface area contributed by atoms with Crippen LogP contribution in [0, 0.1) is 0 Å². The van der Waals surface area contributed by atoms with E-state index in [1.807, 2.05) is 41.2 Å². The predicted octanol–water partition coefficient (Wildman–Crippen LogP) is 2.43. The van der Waals surface area contributed by atoms with Crippen LogP contribution in [0.5, 0.6) is 0 Å². The Morgan fingerprint density at radius 3 is 3.04 bits per heavy atom. The molecule has 0 saturated carbocycles. The number of hydrogen-bond acceptors (Lipinski definition) is 5. The van der Waals surface area contributed by atoms with Crippen molar-refractivity contribution in [1.29, 1.82) is 0 Å². The molecule has 3 heterocycles. The van der Waals surface area contributed by atoms with Crippen molar-refractivity contribution in [2.24, 2.45) is 0 Å². The van der Waals surface area contributed by atoms with Crippen LogP contribution in [0.2, 0.25) is 0 Å². The third-order valence-electron chi connectivity index (χ3n) is 4.00. The van der Waals surface area contributed by atoms with Crippen LogP contribution in [0.3, 0.4) is 0 Å². The zero-order valence-corrected chi connectivity index (χ0v) is 12.8. The first-order valence-corrected chi connectivity index (χ1v) is 7.62. The largest absolute Gasteiger partial charge is 0.423 e. The van der Waals surface area contributed by atoms with Crippen molar-refractivity contribution in [3.05, 3.63) is 36.5 Å². The highest BCUT2D eigenvalue weighted by Gasteiger charge is 2.27. The van der Waals surface area contributed by atoms with Gasteiger partial charge >= 0.3 is 0 Å². The van der Waals surface area contributed by atoms with Gasteiger partial charge in [-0.3, -0.25) is 9.48 Å². The molecule has 3 aromatic rings. The number of amides is 1. The topological polar surface area (TPSA) is 76.2 Å². The van der Waals surface area contributed by atoms with E-state index in [1.165, 1.54) is 6.92 Å². The Morgan fingerprint density at radius 2 is 2.22 bits per heavy atom. The molecule has 0 unspecified atom stereocenters. The van der Waals surface area contributed by atoms with E-state index in [0.717, 1.165) is 30.6 Å². The number of para-hydroxylation sites is 2. The maximum Gasteiger partial charge on any atom is 0.298 e. The summed E-state index contributed by atoms with van der Waals surface area (Å²) in [6, 6.07) is 10.5. The summed E-state index contributed by atoms with van der Waals surface area (Å²) in [5, 5.41) is 7.10. The van der Waals surface area contributed by atoms with E-state index in [4.69, 9.17) is 4.42 Å². The van der Waals surface area contributed by atoms with Gasteiger partial charge in [0.15, 0.2) is 11.4 Å². The lowest BCUT2D eigenvalue weighted by molar-refractivity contribution is -0.114. The molecule has 0 aliphatic carbocycles. The summed E-state index contributed by atoms with van der Waals surface area (Å²) < 4.78 is 7.72. The molecule has 1 aliphatic heterocycles. The van der Waals surface area contributed by atoms with Gasteiger partial charge in [-0.2, -0.15) is 10.1 Å². The monoisotopic (exact) mass is 311 g/mol. The van der Waals surface area contributed by atoms with Crippen LogP contribution in [0.1, 0.15) is 19.4 Å². The van der Waals surface area contributed by atoms with Gasteiger partial charge in [0.2, 0.25) is 5.91 Å². The highest BCUT2D eigenvalue weighted by molar-refractivity contribution is 5.87. The number of carbonyl (C=O) groups excluding carboxylic acids is 1. The van der Waals surface area contributed by atoms with Gasteiger partial charge in [0.1, 0.15) is 5.52 Å². The first-order chi connectivity index (χ1) is 11.2. The molecule has 2 aromatic heterocycles. The third kappa shape index (κ3) is 2.65. The smallest absolute Gasteiger partial charge is 0.298 e. The molecule has 1 amide bonds. The Morgan fingerprint density at radius 1 is 1.35 bits per heavy atom. The number of hydrogen-bond donors (Lipinski definition) is 1. The Bertz CT molecular complexity index is 820. The Hall–Kier alpha value is -2.83. The molecule has 0 spiro atoms. The molecule has 1 atom stereocenters. The summed E-state index contributed by atoms with van der Waals surface area (Å²) in [7, 11) is 0.